The highest BCUT2D eigenvalue weighted by Crippen LogP contribution is 2.41. The molecule has 0 aromatic heterocycles. The van der Waals surface area contributed by atoms with Crippen LogP contribution < -0.4 is 9.47 Å². The number of aryl methyl sites for hydroxylation is 1. The van der Waals surface area contributed by atoms with Crippen LogP contribution in [0.15, 0.2) is 47.4 Å². The molecule has 0 N–H and O–H groups in total. The summed E-state index contributed by atoms with van der Waals surface area (Å²) in [6.45, 7) is 2.41. The van der Waals surface area contributed by atoms with Gasteiger partial charge in [0.2, 0.25) is 10.0 Å². The van der Waals surface area contributed by atoms with Gasteiger partial charge < -0.3 is 9.47 Å². The fourth-order valence-electron chi connectivity index (χ4n) is 3.34. The van der Waals surface area contributed by atoms with E-state index in [0.29, 0.717) is 22.9 Å². The molecule has 2 aromatic rings. The third-order valence-corrected chi connectivity index (χ3v) is 6.50. The van der Waals surface area contributed by atoms with Crippen LogP contribution >= 0.6 is 0 Å². The maximum Gasteiger partial charge on any atom is 0.243 e. The smallest absolute Gasteiger partial charge is 0.243 e. The van der Waals surface area contributed by atoms with E-state index < -0.39 is 10.0 Å². The molecule has 1 atom stereocenters. The Bertz CT molecular complexity index is 863. The molecule has 6 heteroatoms. The summed E-state index contributed by atoms with van der Waals surface area (Å²) in [7, 11) is -0.367. The van der Waals surface area contributed by atoms with Crippen LogP contribution in [0.2, 0.25) is 0 Å². The summed E-state index contributed by atoms with van der Waals surface area (Å²) in [6, 6.07) is 12.4. The van der Waals surface area contributed by atoms with Gasteiger partial charge in [0.1, 0.15) is 11.5 Å². The molecule has 1 aliphatic rings. The zero-order valence-corrected chi connectivity index (χ0v) is 15.5. The van der Waals surface area contributed by atoms with Gasteiger partial charge in [0, 0.05) is 18.2 Å². The number of methoxy groups -OCH3 is 2. The predicted octanol–water partition coefficient (Wildman–Crippen LogP) is 3.54. The van der Waals surface area contributed by atoms with Crippen molar-refractivity contribution in [1.29, 1.82) is 0 Å². The monoisotopic (exact) mass is 361 g/mol. The molecule has 0 aliphatic carbocycles. The van der Waals surface area contributed by atoms with Crippen LogP contribution in [0.3, 0.4) is 0 Å². The van der Waals surface area contributed by atoms with Crippen molar-refractivity contribution in [2.24, 2.45) is 0 Å². The number of rotatable bonds is 5. The Morgan fingerprint density at radius 2 is 1.88 bits per heavy atom. The molecule has 0 amide bonds. The van der Waals surface area contributed by atoms with Crippen LogP contribution in [-0.4, -0.2) is 33.5 Å². The molecule has 1 unspecified atom stereocenters. The third kappa shape index (κ3) is 3.37. The number of ether oxygens (including phenoxy) is 2. The number of hydrogen-bond donors (Lipinski definition) is 0. The van der Waals surface area contributed by atoms with Crippen molar-refractivity contribution >= 4 is 10.0 Å². The Labute approximate surface area is 149 Å². The van der Waals surface area contributed by atoms with Gasteiger partial charge in [0.05, 0.1) is 25.2 Å². The summed E-state index contributed by atoms with van der Waals surface area (Å²) in [4.78, 5) is 0.340. The summed E-state index contributed by atoms with van der Waals surface area (Å²) >= 11 is 0. The normalized spacial score (nSPS) is 18.3. The molecule has 1 heterocycles. The molecule has 25 heavy (non-hydrogen) atoms. The van der Waals surface area contributed by atoms with Crippen LogP contribution in [0.1, 0.15) is 30.0 Å². The highest BCUT2D eigenvalue weighted by molar-refractivity contribution is 7.89. The molecule has 5 nitrogen and oxygen atoms in total. The molecule has 134 valence electrons. The van der Waals surface area contributed by atoms with Gasteiger partial charge >= 0.3 is 0 Å². The highest BCUT2D eigenvalue weighted by Gasteiger charge is 2.37. The quantitative estimate of drug-likeness (QED) is 0.817. The zero-order chi connectivity index (χ0) is 18.0. The Kier molecular flexibility index (Phi) is 5.01. The lowest BCUT2D eigenvalue weighted by Gasteiger charge is -2.26. The molecule has 3 rings (SSSR count). The second kappa shape index (κ2) is 7.06. The van der Waals surface area contributed by atoms with Gasteiger partial charge in [0.25, 0.3) is 0 Å². The first-order chi connectivity index (χ1) is 12.0. The van der Waals surface area contributed by atoms with E-state index in [2.05, 4.69) is 0 Å². The maximum absolute atomic E-state index is 13.2. The first kappa shape index (κ1) is 17.8. The third-order valence-electron chi connectivity index (χ3n) is 4.60. The number of sulfonamides is 1. The van der Waals surface area contributed by atoms with Gasteiger partial charge in [-0.2, -0.15) is 4.31 Å². The minimum absolute atomic E-state index is 0.230. The van der Waals surface area contributed by atoms with E-state index in [9.17, 15) is 8.42 Å². The van der Waals surface area contributed by atoms with E-state index in [4.69, 9.17) is 9.47 Å². The minimum atomic E-state index is -3.55. The summed E-state index contributed by atoms with van der Waals surface area (Å²) in [5.74, 6) is 1.34. The number of hydrogen-bond acceptors (Lipinski definition) is 4. The van der Waals surface area contributed by atoms with Crippen molar-refractivity contribution in [3.63, 3.8) is 0 Å². The molecule has 1 fully saturated rings. The zero-order valence-electron chi connectivity index (χ0n) is 14.7. The topological polar surface area (TPSA) is 55.8 Å². The largest absolute Gasteiger partial charge is 0.497 e. The van der Waals surface area contributed by atoms with E-state index in [0.717, 1.165) is 24.0 Å². The van der Waals surface area contributed by atoms with E-state index in [1.165, 1.54) is 0 Å². The van der Waals surface area contributed by atoms with Gasteiger partial charge in [-0.1, -0.05) is 18.2 Å². The van der Waals surface area contributed by atoms with Crippen LogP contribution in [0.4, 0.5) is 0 Å². The molecule has 2 aromatic carbocycles. The van der Waals surface area contributed by atoms with E-state index >= 15 is 0 Å². The second-order valence-corrected chi connectivity index (χ2v) is 8.09. The number of benzene rings is 2. The van der Waals surface area contributed by atoms with Gasteiger partial charge in [-0.25, -0.2) is 8.42 Å². The molecule has 0 bridgehead atoms. The Morgan fingerprint density at radius 3 is 2.56 bits per heavy atom. The average Bonchev–Trinajstić information content (AvgIpc) is 3.11. The fraction of sp³-hybridized carbons (Fsp3) is 0.368. The van der Waals surface area contributed by atoms with Crippen molar-refractivity contribution < 1.29 is 17.9 Å². The summed E-state index contributed by atoms with van der Waals surface area (Å²) < 4.78 is 38.6. The Morgan fingerprint density at radius 1 is 1.08 bits per heavy atom. The fourth-order valence-corrected chi connectivity index (χ4v) is 5.12. The standard InChI is InChI=1S/C19H23NO4S/c1-14-6-4-7-16(12-14)25(21,22)20-11-5-8-18(20)17-10-9-15(23-2)13-19(17)24-3/h4,6-7,9-10,12-13,18H,5,8,11H2,1-3H3. The van der Waals surface area contributed by atoms with E-state index in [1.54, 1.807) is 42.8 Å². The highest BCUT2D eigenvalue weighted by atomic mass is 32.2. The predicted molar refractivity (Wildman–Crippen MR) is 96.6 cm³/mol. The van der Waals surface area contributed by atoms with Crippen LogP contribution in [0.5, 0.6) is 11.5 Å². The lowest BCUT2D eigenvalue weighted by Crippen LogP contribution is -2.31. The lowest BCUT2D eigenvalue weighted by atomic mass is 10.0. The average molecular weight is 361 g/mol. The summed E-state index contributed by atoms with van der Waals surface area (Å²) in [6.07, 6.45) is 1.60. The van der Waals surface area contributed by atoms with Crippen molar-refractivity contribution in [3.8, 4) is 11.5 Å². The molecule has 0 radical (unpaired) electrons. The Balaban J connectivity index is 2.01. The molecular weight excluding hydrogens is 338 g/mol. The maximum atomic E-state index is 13.2. The molecule has 1 aliphatic heterocycles. The molecule has 1 saturated heterocycles. The molecule has 0 spiro atoms. The summed E-state index contributed by atoms with van der Waals surface area (Å²) in [5.41, 5.74) is 1.80. The van der Waals surface area contributed by atoms with Crippen molar-refractivity contribution in [2.45, 2.75) is 30.7 Å². The van der Waals surface area contributed by atoms with Crippen molar-refractivity contribution in [2.75, 3.05) is 20.8 Å². The van der Waals surface area contributed by atoms with Gasteiger partial charge in [-0.05, 0) is 43.5 Å². The van der Waals surface area contributed by atoms with Crippen molar-refractivity contribution in [3.05, 3.63) is 53.6 Å². The van der Waals surface area contributed by atoms with Crippen molar-refractivity contribution in [1.82, 2.24) is 4.31 Å². The van der Waals surface area contributed by atoms with Crippen LogP contribution in [-0.2, 0) is 10.0 Å². The van der Waals surface area contributed by atoms with Gasteiger partial charge in [-0.15, -0.1) is 0 Å². The molecular formula is C19H23NO4S. The first-order valence-electron chi connectivity index (χ1n) is 8.28. The SMILES string of the molecule is COc1ccc(C2CCCN2S(=O)(=O)c2cccc(C)c2)c(OC)c1. The first-order valence-corrected chi connectivity index (χ1v) is 9.72. The molecule has 0 saturated carbocycles. The second-order valence-electron chi connectivity index (χ2n) is 6.20. The van der Waals surface area contributed by atoms with Crippen LogP contribution in [0, 0.1) is 6.92 Å². The lowest BCUT2D eigenvalue weighted by molar-refractivity contribution is 0.361. The Hall–Kier alpha value is -2.05. The van der Waals surface area contributed by atoms with Gasteiger partial charge in [-0.3, -0.25) is 0 Å². The van der Waals surface area contributed by atoms with E-state index in [1.807, 2.05) is 25.1 Å². The summed E-state index contributed by atoms with van der Waals surface area (Å²) in [5, 5.41) is 0. The minimum Gasteiger partial charge on any atom is -0.497 e. The van der Waals surface area contributed by atoms with Crippen LogP contribution in [0.25, 0.3) is 0 Å². The van der Waals surface area contributed by atoms with E-state index in [-0.39, 0.29) is 6.04 Å². The number of nitrogens with zero attached hydrogens (tertiary/aromatic N) is 1. The van der Waals surface area contributed by atoms with Gasteiger partial charge in [0.15, 0.2) is 0 Å².